The summed E-state index contributed by atoms with van der Waals surface area (Å²) in [4.78, 5) is 33.3. The number of hydrogen-bond acceptors (Lipinski definition) is 8. The average molecular weight is 554 g/mol. The Hall–Kier alpha value is -4.09. The minimum Gasteiger partial charge on any atom is -0.358 e. The van der Waals surface area contributed by atoms with Gasteiger partial charge in [-0.1, -0.05) is 6.07 Å². The molecule has 2 atom stereocenters. The van der Waals surface area contributed by atoms with Gasteiger partial charge in [-0.2, -0.15) is 5.10 Å². The summed E-state index contributed by atoms with van der Waals surface area (Å²) in [5.41, 5.74) is 3.74. The molecule has 3 aliphatic rings. The van der Waals surface area contributed by atoms with Crippen LogP contribution in [0.15, 0.2) is 66.8 Å². The maximum Gasteiger partial charge on any atom is 0.254 e. The number of carbonyl (C=O) groups excluding carboxylic acids is 1. The Labute approximate surface area is 236 Å². The number of fused-ring (bicyclic) bond motifs is 5. The van der Waals surface area contributed by atoms with Crippen LogP contribution >= 0.6 is 11.3 Å². The van der Waals surface area contributed by atoms with Crippen molar-refractivity contribution in [1.29, 1.82) is 0 Å². The maximum atomic E-state index is 14.0. The molecule has 5 aromatic rings. The highest BCUT2D eigenvalue weighted by molar-refractivity contribution is 7.13. The van der Waals surface area contributed by atoms with Crippen LogP contribution in [-0.2, 0) is 6.54 Å². The number of rotatable bonds is 7. The van der Waals surface area contributed by atoms with Crippen molar-refractivity contribution in [2.24, 2.45) is 5.92 Å². The van der Waals surface area contributed by atoms with Gasteiger partial charge >= 0.3 is 0 Å². The van der Waals surface area contributed by atoms with Crippen molar-refractivity contribution < 1.29 is 4.79 Å². The van der Waals surface area contributed by atoms with Crippen LogP contribution in [0.3, 0.4) is 0 Å². The number of nitrogens with one attached hydrogen (secondary N) is 1. The summed E-state index contributed by atoms with van der Waals surface area (Å²) in [6, 6.07) is 10.3. The zero-order valence-electron chi connectivity index (χ0n) is 22.3. The molecule has 3 aliphatic heterocycles. The van der Waals surface area contributed by atoms with Crippen LogP contribution < -0.4 is 10.2 Å². The van der Waals surface area contributed by atoms with Crippen LogP contribution in [0.5, 0.6) is 0 Å². The number of amides is 1. The van der Waals surface area contributed by atoms with Crippen LogP contribution in [0.1, 0.15) is 23.2 Å². The second-order valence-electron chi connectivity index (χ2n) is 10.7. The highest BCUT2D eigenvalue weighted by Crippen LogP contribution is 2.30. The Morgan fingerprint density at radius 1 is 1.15 bits per heavy atom. The van der Waals surface area contributed by atoms with Crippen LogP contribution in [0, 0.1) is 5.92 Å². The molecule has 2 bridgehead atoms. The SMILES string of the molecule is CN(CCn1ccnc1)c1cc(C(=O)N2C[C@H]3CC[C@@H](C2)NC3)cc(-c2cnn3ccc(-c4cccs4)nc23)n1. The van der Waals surface area contributed by atoms with Crippen molar-refractivity contribution in [2.75, 3.05) is 38.1 Å². The minimum atomic E-state index is 0.0530. The molecule has 8 heterocycles. The number of hydrogen-bond donors (Lipinski definition) is 1. The molecule has 1 amide bonds. The van der Waals surface area contributed by atoms with E-state index in [1.165, 1.54) is 6.42 Å². The van der Waals surface area contributed by atoms with E-state index >= 15 is 0 Å². The van der Waals surface area contributed by atoms with Gasteiger partial charge in [0.1, 0.15) is 5.82 Å². The maximum absolute atomic E-state index is 14.0. The second-order valence-corrected chi connectivity index (χ2v) is 11.6. The first-order valence-electron chi connectivity index (χ1n) is 13.7. The fourth-order valence-electron chi connectivity index (χ4n) is 5.67. The predicted octanol–water partition coefficient (Wildman–Crippen LogP) is 3.68. The summed E-state index contributed by atoms with van der Waals surface area (Å²) < 4.78 is 3.80. The number of piperidine rings is 1. The van der Waals surface area contributed by atoms with Gasteiger partial charge in [0.15, 0.2) is 5.65 Å². The first kappa shape index (κ1) is 24.9. The van der Waals surface area contributed by atoms with Gasteiger partial charge in [-0.25, -0.2) is 19.5 Å². The molecule has 0 spiro atoms. The number of likely N-dealkylation sites (N-methyl/N-ethyl adjacent to an activating group) is 1. The molecule has 0 aliphatic carbocycles. The topological polar surface area (TPSA) is 96.5 Å². The minimum absolute atomic E-state index is 0.0530. The molecule has 0 radical (unpaired) electrons. The Kier molecular flexibility index (Phi) is 6.52. The van der Waals surface area contributed by atoms with E-state index in [1.807, 2.05) is 64.9 Å². The molecule has 0 aromatic carbocycles. The predicted molar refractivity (Wildman–Crippen MR) is 155 cm³/mol. The summed E-state index contributed by atoms with van der Waals surface area (Å²) >= 11 is 1.65. The molecule has 10 nitrogen and oxygen atoms in total. The van der Waals surface area contributed by atoms with Crippen molar-refractivity contribution in [2.45, 2.75) is 25.4 Å². The Balaban J connectivity index is 1.27. The van der Waals surface area contributed by atoms with Gasteiger partial charge in [-0.3, -0.25) is 4.79 Å². The van der Waals surface area contributed by atoms with Gasteiger partial charge < -0.3 is 19.7 Å². The zero-order valence-corrected chi connectivity index (χ0v) is 23.2. The van der Waals surface area contributed by atoms with E-state index in [9.17, 15) is 4.79 Å². The number of nitrogens with zero attached hydrogens (tertiary/aromatic N) is 8. The third-order valence-corrected chi connectivity index (χ3v) is 8.84. The van der Waals surface area contributed by atoms with Crippen LogP contribution in [0.25, 0.3) is 27.5 Å². The number of imidazole rings is 1. The quantitative estimate of drug-likeness (QED) is 0.329. The number of carbonyl (C=O) groups is 1. The van der Waals surface area contributed by atoms with Crippen LogP contribution in [0.4, 0.5) is 5.82 Å². The highest BCUT2D eigenvalue weighted by Gasteiger charge is 2.32. The van der Waals surface area contributed by atoms with E-state index in [0.717, 1.165) is 54.6 Å². The van der Waals surface area contributed by atoms with Crippen molar-refractivity contribution in [3.05, 3.63) is 72.4 Å². The summed E-state index contributed by atoms with van der Waals surface area (Å²) in [6.07, 6.45) is 11.6. The van der Waals surface area contributed by atoms with Crippen LogP contribution in [0.2, 0.25) is 0 Å². The van der Waals surface area contributed by atoms with Gasteiger partial charge in [0.05, 0.1) is 34.4 Å². The fraction of sp³-hybridized carbons (Fsp3) is 0.345. The molecule has 1 N–H and O–H groups in total. The molecule has 5 aromatic heterocycles. The van der Waals surface area contributed by atoms with Crippen molar-refractivity contribution in [3.63, 3.8) is 0 Å². The number of aromatic nitrogens is 6. The lowest BCUT2D eigenvalue weighted by atomic mass is 9.97. The molecular weight excluding hydrogens is 522 g/mol. The van der Waals surface area contributed by atoms with E-state index in [1.54, 1.807) is 28.2 Å². The molecule has 204 valence electrons. The zero-order chi connectivity index (χ0) is 27.1. The lowest BCUT2D eigenvalue weighted by Crippen LogP contribution is -2.40. The van der Waals surface area contributed by atoms with Crippen molar-refractivity contribution in [1.82, 2.24) is 39.3 Å². The van der Waals surface area contributed by atoms with Crippen molar-refractivity contribution >= 4 is 28.7 Å². The molecule has 3 saturated heterocycles. The summed E-state index contributed by atoms with van der Waals surface area (Å²) in [5.74, 6) is 1.30. The molecule has 0 saturated carbocycles. The molecular formula is C29H31N9OS. The third kappa shape index (κ3) is 4.86. The largest absolute Gasteiger partial charge is 0.358 e. The standard InChI is InChI=1S/C29H31N9OS/c1-35(10-11-36-9-7-30-19-36)27-14-21(29(39)37-17-20-4-5-22(18-37)31-15-20)13-25(33-27)23-16-32-38-8-6-24(34-28(23)38)26-3-2-12-40-26/h2-3,6-9,12-14,16,19-20,22,31H,4-5,10-11,15,17-18H2,1H3/t20-,22-/m0/s1. The number of thiophene rings is 1. The number of anilines is 1. The molecule has 3 fully saturated rings. The molecule has 11 heteroatoms. The average Bonchev–Trinajstić information content (AvgIpc) is 3.74. The molecule has 0 unspecified atom stereocenters. The molecule has 8 rings (SSSR count). The Morgan fingerprint density at radius 2 is 2.10 bits per heavy atom. The van der Waals surface area contributed by atoms with Gasteiger partial charge in [-0.15, -0.1) is 11.3 Å². The summed E-state index contributed by atoms with van der Waals surface area (Å²) in [5, 5.41) is 10.2. The second kappa shape index (κ2) is 10.5. The lowest BCUT2D eigenvalue weighted by molar-refractivity contribution is 0.0748. The first-order chi connectivity index (χ1) is 19.6. The first-order valence-corrected chi connectivity index (χ1v) is 14.6. The van der Waals surface area contributed by atoms with E-state index in [-0.39, 0.29) is 5.91 Å². The van der Waals surface area contributed by atoms with Crippen molar-refractivity contribution in [3.8, 4) is 21.8 Å². The third-order valence-electron chi connectivity index (χ3n) is 7.95. The van der Waals surface area contributed by atoms with Crippen LogP contribution in [-0.4, -0.2) is 79.2 Å². The molecule has 40 heavy (non-hydrogen) atoms. The van der Waals surface area contributed by atoms with Gasteiger partial charge in [0.2, 0.25) is 0 Å². The fourth-order valence-corrected chi connectivity index (χ4v) is 6.37. The summed E-state index contributed by atoms with van der Waals surface area (Å²) in [7, 11) is 2.01. The monoisotopic (exact) mass is 553 g/mol. The van der Waals surface area contributed by atoms with E-state index < -0.39 is 0 Å². The van der Waals surface area contributed by atoms with Gasteiger partial charge in [-0.05, 0) is 54.9 Å². The highest BCUT2D eigenvalue weighted by atomic mass is 32.1. The van der Waals surface area contributed by atoms with E-state index in [0.29, 0.717) is 35.4 Å². The smallest absolute Gasteiger partial charge is 0.254 e. The summed E-state index contributed by atoms with van der Waals surface area (Å²) in [6.45, 7) is 3.98. The van der Waals surface area contributed by atoms with E-state index in [2.05, 4.69) is 26.4 Å². The van der Waals surface area contributed by atoms with E-state index in [4.69, 9.17) is 9.97 Å². The Bertz CT molecular complexity index is 1610. The normalized spacial score (nSPS) is 18.8. The van der Waals surface area contributed by atoms with Gasteiger partial charge in [0.25, 0.3) is 5.91 Å². The lowest BCUT2D eigenvalue weighted by Gasteiger charge is -2.24. The number of pyridine rings is 1. The Morgan fingerprint density at radius 3 is 2.90 bits per heavy atom. The van der Waals surface area contributed by atoms with Gasteiger partial charge in [0, 0.05) is 63.4 Å².